The van der Waals surface area contributed by atoms with Crippen molar-refractivity contribution in [1.82, 2.24) is 5.32 Å². The van der Waals surface area contributed by atoms with Crippen molar-refractivity contribution >= 4 is 23.5 Å². The number of rotatable bonds is 6. The molecule has 0 bridgehead atoms. The van der Waals surface area contributed by atoms with Gasteiger partial charge in [-0.25, -0.2) is 0 Å². The number of anilines is 1. The predicted octanol–water partition coefficient (Wildman–Crippen LogP) is 1.49. The van der Waals surface area contributed by atoms with Crippen LogP contribution in [0.1, 0.15) is 20.3 Å². The number of aliphatic carboxylic acids is 1. The normalized spacial score (nSPS) is 21.7. The summed E-state index contributed by atoms with van der Waals surface area (Å²) < 4.78 is 0. The van der Waals surface area contributed by atoms with Crippen LogP contribution >= 0.6 is 0 Å². The zero-order valence-corrected chi connectivity index (χ0v) is 12.6. The smallest absolute Gasteiger partial charge is 0.307 e. The van der Waals surface area contributed by atoms with Gasteiger partial charge < -0.3 is 15.7 Å². The quantitative estimate of drug-likeness (QED) is 0.742. The van der Waals surface area contributed by atoms with Crippen molar-refractivity contribution in [3.05, 3.63) is 30.3 Å². The predicted molar refractivity (Wildman–Crippen MR) is 81.1 cm³/mol. The maximum Gasteiger partial charge on any atom is 0.307 e. The summed E-state index contributed by atoms with van der Waals surface area (Å²) in [6.07, 6.45) is 0.144. The van der Waals surface area contributed by atoms with Crippen LogP contribution in [-0.4, -0.2) is 29.4 Å². The summed E-state index contributed by atoms with van der Waals surface area (Å²) in [4.78, 5) is 34.7. The van der Waals surface area contributed by atoms with E-state index in [4.69, 9.17) is 5.11 Å². The number of amides is 2. The van der Waals surface area contributed by atoms with Crippen molar-refractivity contribution in [1.29, 1.82) is 0 Å². The van der Waals surface area contributed by atoms with Gasteiger partial charge in [0, 0.05) is 18.7 Å². The summed E-state index contributed by atoms with van der Waals surface area (Å²) in [6.45, 7) is 3.71. The summed E-state index contributed by atoms with van der Waals surface area (Å²) in [7, 11) is 0. The average Bonchev–Trinajstić information content (AvgIpc) is 3.03. The topological polar surface area (TPSA) is 95.5 Å². The summed E-state index contributed by atoms with van der Waals surface area (Å²) in [5.41, 5.74) is 0.176. The van der Waals surface area contributed by atoms with Gasteiger partial charge in [0.25, 0.3) is 0 Å². The molecular formula is C16H20N2O4. The molecular weight excluding hydrogens is 284 g/mol. The molecule has 0 aliphatic heterocycles. The van der Waals surface area contributed by atoms with Gasteiger partial charge in [-0.3, -0.25) is 14.4 Å². The maximum absolute atomic E-state index is 12.0. The minimum atomic E-state index is -0.952. The van der Waals surface area contributed by atoms with Gasteiger partial charge in [0.1, 0.15) is 0 Å². The zero-order valence-electron chi connectivity index (χ0n) is 12.6. The first-order valence-corrected chi connectivity index (χ1v) is 7.19. The van der Waals surface area contributed by atoms with E-state index in [1.54, 1.807) is 26.0 Å². The SMILES string of the molecule is CC1(C)[C@H](C(=O)O)[C@@H]1C(=O)NCCC(=O)Nc1ccccc1. The van der Waals surface area contributed by atoms with E-state index in [0.717, 1.165) is 0 Å². The number of carboxylic acid groups (broad SMARTS) is 1. The second-order valence-electron chi connectivity index (χ2n) is 6.07. The van der Waals surface area contributed by atoms with E-state index in [-0.39, 0.29) is 24.8 Å². The van der Waals surface area contributed by atoms with Crippen molar-refractivity contribution in [2.75, 3.05) is 11.9 Å². The first kappa shape index (κ1) is 16.0. The summed E-state index contributed by atoms with van der Waals surface area (Å²) in [5, 5.41) is 14.4. The molecule has 1 fully saturated rings. The van der Waals surface area contributed by atoms with Crippen LogP contribution in [0.3, 0.4) is 0 Å². The molecule has 0 unspecified atom stereocenters. The first-order chi connectivity index (χ1) is 10.3. The Bertz CT molecular complexity index is 583. The highest BCUT2D eigenvalue weighted by molar-refractivity contribution is 5.93. The van der Waals surface area contributed by atoms with E-state index in [2.05, 4.69) is 10.6 Å². The van der Waals surface area contributed by atoms with Crippen LogP contribution in [0.2, 0.25) is 0 Å². The molecule has 22 heavy (non-hydrogen) atoms. The lowest BCUT2D eigenvalue weighted by molar-refractivity contribution is -0.140. The fourth-order valence-electron chi connectivity index (χ4n) is 2.74. The second-order valence-corrected chi connectivity index (χ2v) is 6.07. The number of hydrogen-bond acceptors (Lipinski definition) is 3. The maximum atomic E-state index is 12.0. The van der Waals surface area contributed by atoms with Crippen molar-refractivity contribution in [3.63, 3.8) is 0 Å². The molecule has 1 aromatic carbocycles. The Kier molecular flexibility index (Phi) is 4.49. The molecule has 1 aliphatic carbocycles. The van der Waals surface area contributed by atoms with E-state index in [1.165, 1.54) is 0 Å². The summed E-state index contributed by atoms with van der Waals surface area (Å²) in [5.74, 6) is -2.62. The highest BCUT2D eigenvalue weighted by Gasteiger charge is 2.65. The van der Waals surface area contributed by atoms with Gasteiger partial charge >= 0.3 is 5.97 Å². The van der Waals surface area contributed by atoms with Gasteiger partial charge in [0.15, 0.2) is 0 Å². The van der Waals surface area contributed by atoms with E-state index in [0.29, 0.717) is 5.69 Å². The standard InChI is InChI=1S/C16H20N2O4/c1-16(2)12(13(16)15(21)22)14(20)17-9-8-11(19)18-10-6-4-3-5-7-10/h3-7,12-13H,8-9H2,1-2H3,(H,17,20)(H,18,19)(H,21,22)/t12-,13+/m1/s1. The van der Waals surface area contributed by atoms with Crippen LogP contribution in [0, 0.1) is 17.3 Å². The fraction of sp³-hybridized carbons (Fsp3) is 0.438. The van der Waals surface area contributed by atoms with E-state index >= 15 is 0 Å². The molecule has 0 heterocycles. The van der Waals surface area contributed by atoms with Crippen molar-refractivity contribution in [2.45, 2.75) is 20.3 Å². The van der Waals surface area contributed by atoms with Gasteiger partial charge in [-0.2, -0.15) is 0 Å². The third-order valence-corrected chi connectivity index (χ3v) is 4.08. The number of carbonyl (C=O) groups excluding carboxylic acids is 2. The van der Waals surface area contributed by atoms with Crippen LogP contribution < -0.4 is 10.6 Å². The lowest BCUT2D eigenvalue weighted by atomic mass is 10.1. The molecule has 2 amide bonds. The summed E-state index contributed by atoms with van der Waals surface area (Å²) in [6, 6.07) is 9.05. The Hall–Kier alpha value is -2.37. The largest absolute Gasteiger partial charge is 0.481 e. The Morgan fingerprint density at radius 3 is 2.32 bits per heavy atom. The van der Waals surface area contributed by atoms with Gasteiger partial charge in [-0.1, -0.05) is 32.0 Å². The third kappa shape index (κ3) is 3.44. The van der Waals surface area contributed by atoms with Crippen LogP contribution in [0.15, 0.2) is 30.3 Å². The molecule has 6 nitrogen and oxygen atoms in total. The molecule has 2 atom stereocenters. The van der Waals surface area contributed by atoms with Crippen LogP contribution in [0.5, 0.6) is 0 Å². The molecule has 0 radical (unpaired) electrons. The van der Waals surface area contributed by atoms with E-state index in [1.807, 2.05) is 18.2 Å². The minimum Gasteiger partial charge on any atom is -0.481 e. The fourth-order valence-corrected chi connectivity index (χ4v) is 2.74. The molecule has 118 valence electrons. The lowest BCUT2D eigenvalue weighted by Crippen LogP contribution is -2.30. The third-order valence-electron chi connectivity index (χ3n) is 4.08. The number of carboxylic acids is 1. The Labute approximate surface area is 128 Å². The Balaban J connectivity index is 1.74. The average molecular weight is 304 g/mol. The van der Waals surface area contributed by atoms with Gasteiger partial charge in [0.2, 0.25) is 11.8 Å². The molecule has 0 aromatic heterocycles. The monoisotopic (exact) mass is 304 g/mol. The zero-order chi connectivity index (χ0) is 16.3. The molecule has 2 rings (SSSR count). The minimum absolute atomic E-state index is 0.144. The van der Waals surface area contributed by atoms with Crippen molar-refractivity contribution in [3.8, 4) is 0 Å². The number of benzene rings is 1. The van der Waals surface area contributed by atoms with Gasteiger partial charge in [0.05, 0.1) is 11.8 Å². The molecule has 3 N–H and O–H groups in total. The second kappa shape index (κ2) is 6.17. The van der Waals surface area contributed by atoms with E-state index in [9.17, 15) is 14.4 Å². The number of hydrogen-bond donors (Lipinski definition) is 3. The number of nitrogens with one attached hydrogen (secondary N) is 2. The molecule has 6 heteroatoms. The Morgan fingerprint density at radius 2 is 1.77 bits per heavy atom. The molecule has 0 saturated heterocycles. The van der Waals surface area contributed by atoms with Gasteiger partial charge in [-0.15, -0.1) is 0 Å². The van der Waals surface area contributed by atoms with Gasteiger partial charge in [-0.05, 0) is 17.5 Å². The summed E-state index contributed by atoms with van der Waals surface area (Å²) >= 11 is 0. The Morgan fingerprint density at radius 1 is 1.14 bits per heavy atom. The molecule has 1 aromatic rings. The molecule has 1 saturated carbocycles. The first-order valence-electron chi connectivity index (χ1n) is 7.19. The highest BCUT2D eigenvalue weighted by Crippen LogP contribution is 2.58. The van der Waals surface area contributed by atoms with Crippen LogP contribution in [-0.2, 0) is 14.4 Å². The van der Waals surface area contributed by atoms with Crippen LogP contribution in [0.25, 0.3) is 0 Å². The van der Waals surface area contributed by atoms with E-state index < -0.39 is 23.2 Å². The van der Waals surface area contributed by atoms with Crippen molar-refractivity contribution < 1.29 is 19.5 Å². The lowest BCUT2D eigenvalue weighted by Gasteiger charge is -2.07. The number of para-hydroxylation sites is 1. The number of carbonyl (C=O) groups is 3. The molecule has 0 spiro atoms. The highest BCUT2D eigenvalue weighted by atomic mass is 16.4. The van der Waals surface area contributed by atoms with Crippen LogP contribution in [0.4, 0.5) is 5.69 Å². The van der Waals surface area contributed by atoms with Crippen molar-refractivity contribution in [2.24, 2.45) is 17.3 Å². The molecule has 1 aliphatic rings.